The summed E-state index contributed by atoms with van der Waals surface area (Å²) in [5, 5.41) is 5.68. The van der Waals surface area contributed by atoms with Crippen LogP contribution in [0.3, 0.4) is 0 Å². The number of hydrogen-bond acceptors (Lipinski definition) is 4. The van der Waals surface area contributed by atoms with Gasteiger partial charge in [-0.3, -0.25) is 9.78 Å². The molecule has 6 heteroatoms. The van der Waals surface area contributed by atoms with Crippen molar-refractivity contribution < 1.29 is 9.53 Å². The van der Waals surface area contributed by atoms with Gasteiger partial charge in [0, 0.05) is 16.6 Å². The number of para-hydroxylation sites is 1. The number of carbonyl (C=O) groups is 1. The number of ether oxygens (including phenoxy) is 1. The Balaban J connectivity index is 1.61. The second kappa shape index (κ2) is 7.77. The number of amides is 1. The predicted molar refractivity (Wildman–Crippen MR) is 99.0 cm³/mol. The van der Waals surface area contributed by atoms with Crippen LogP contribution in [0.25, 0.3) is 10.9 Å². The molecule has 1 N–H and O–H groups in total. The van der Waals surface area contributed by atoms with E-state index in [1.807, 2.05) is 36.4 Å². The molecule has 0 aliphatic carbocycles. The Bertz CT molecular complexity index is 918. The van der Waals surface area contributed by atoms with Crippen LogP contribution in [0.5, 0.6) is 5.75 Å². The molecule has 3 aromatic rings. The lowest BCUT2D eigenvalue weighted by molar-refractivity contribution is -0.123. The molecular formula is C19H16ClN3O2. The molecule has 1 aromatic heterocycles. The summed E-state index contributed by atoms with van der Waals surface area (Å²) in [6, 6.07) is 16.6. The molecule has 0 spiro atoms. The number of halogens is 1. The highest BCUT2D eigenvalue weighted by Gasteiger charge is 2.06. The molecule has 1 amide bonds. The van der Waals surface area contributed by atoms with Crippen LogP contribution in [0.4, 0.5) is 0 Å². The average Bonchev–Trinajstić information content (AvgIpc) is 2.65. The second-order valence-electron chi connectivity index (χ2n) is 5.36. The van der Waals surface area contributed by atoms with Crippen molar-refractivity contribution >= 4 is 34.1 Å². The van der Waals surface area contributed by atoms with Crippen molar-refractivity contribution in [3.05, 3.63) is 71.4 Å². The van der Waals surface area contributed by atoms with Crippen LogP contribution >= 0.6 is 11.6 Å². The summed E-state index contributed by atoms with van der Waals surface area (Å²) in [7, 11) is 0. The largest absolute Gasteiger partial charge is 0.481 e. The van der Waals surface area contributed by atoms with Crippen molar-refractivity contribution in [2.45, 2.75) is 6.92 Å². The summed E-state index contributed by atoms with van der Waals surface area (Å²) in [5.74, 6) is 0.216. The molecule has 0 bridgehead atoms. The lowest BCUT2D eigenvalue weighted by Crippen LogP contribution is -2.25. The zero-order valence-electron chi connectivity index (χ0n) is 13.6. The van der Waals surface area contributed by atoms with Gasteiger partial charge in [0.05, 0.1) is 5.71 Å². The molecule has 0 aliphatic heterocycles. The van der Waals surface area contributed by atoms with Gasteiger partial charge in [-0.15, -0.1) is 0 Å². The topological polar surface area (TPSA) is 63.6 Å². The smallest absolute Gasteiger partial charge is 0.277 e. The van der Waals surface area contributed by atoms with Crippen LogP contribution in [0.1, 0.15) is 12.5 Å². The molecule has 0 unspecified atom stereocenters. The molecule has 0 atom stereocenters. The maximum Gasteiger partial charge on any atom is 0.277 e. The minimum absolute atomic E-state index is 0.146. The predicted octanol–water partition coefficient (Wildman–Crippen LogP) is 3.81. The van der Waals surface area contributed by atoms with Crippen LogP contribution in [-0.4, -0.2) is 23.2 Å². The number of nitrogens with zero attached hydrogens (tertiary/aromatic N) is 2. The Kier molecular flexibility index (Phi) is 5.26. The normalized spacial score (nSPS) is 11.4. The SMILES string of the molecule is C/C(=N\NC(=O)COc1cccc2cccnc12)c1ccc(Cl)cc1. The number of rotatable bonds is 5. The van der Waals surface area contributed by atoms with Crippen LogP contribution in [0, 0.1) is 0 Å². The van der Waals surface area contributed by atoms with E-state index in [0.717, 1.165) is 16.5 Å². The Morgan fingerprint density at radius 2 is 1.92 bits per heavy atom. The fraction of sp³-hybridized carbons (Fsp3) is 0.105. The van der Waals surface area contributed by atoms with E-state index in [9.17, 15) is 4.79 Å². The number of pyridine rings is 1. The van der Waals surface area contributed by atoms with Gasteiger partial charge in [0.1, 0.15) is 11.3 Å². The van der Waals surface area contributed by atoms with E-state index in [1.165, 1.54) is 0 Å². The molecule has 0 aliphatic rings. The van der Waals surface area contributed by atoms with E-state index >= 15 is 0 Å². The van der Waals surface area contributed by atoms with E-state index in [4.69, 9.17) is 16.3 Å². The van der Waals surface area contributed by atoms with Crippen molar-refractivity contribution in [2.75, 3.05) is 6.61 Å². The van der Waals surface area contributed by atoms with E-state index in [0.29, 0.717) is 16.5 Å². The van der Waals surface area contributed by atoms with Crippen LogP contribution in [-0.2, 0) is 4.79 Å². The summed E-state index contributed by atoms with van der Waals surface area (Å²) in [6.45, 7) is 1.66. The number of fused-ring (bicyclic) bond motifs is 1. The minimum Gasteiger partial charge on any atom is -0.481 e. The first-order chi connectivity index (χ1) is 12.1. The molecule has 0 saturated heterocycles. The van der Waals surface area contributed by atoms with Gasteiger partial charge in [0.2, 0.25) is 0 Å². The molecule has 0 fully saturated rings. The van der Waals surface area contributed by atoms with Gasteiger partial charge >= 0.3 is 0 Å². The number of carbonyl (C=O) groups excluding carboxylic acids is 1. The molecule has 5 nitrogen and oxygen atoms in total. The maximum absolute atomic E-state index is 12.0. The van der Waals surface area contributed by atoms with Crippen molar-refractivity contribution in [3.63, 3.8) is 0 Å². The van der Waals surface area contributed by atoms with Gasteiger partial charge in [0.25, 0.3) is 5.91 Å². The number of hydrogen-bond donors (Lipinski definition) is 1. The lowest BCUT2D eigenvalue weighted by atomic mass is 10.1. The Hall–Kier alpha value is -2.92. The molecule has 0 radical (unpaired) electrons. The van der Waals surface area contributed by atoms with Crippen molar-refractivity contribution in [1.29, 1.82) is 0 Å². The number of hydrazone groups is 1. The third-order valence-corrected chi connectivity index (χ3v) is 3.82. The molecule has 3 rings (SSSR count). The van der Waals surface area contributed by atoms with E-state index in [-0.39, 0.29) is 12.5 Å². The quantitative estimate of drug-likeness (QED) is 0.560. The van der Waals surface area contributed by atoms with Crippen molar-refractivity contribution in [3.8, 4) is 5.75 Å². The molecule has 2 aromatic carbocycles. The Labute approximate surface area is 150 Å². The molecule has 126 valence electrons. The molecule has 0 saturated carbocycles. The standard InChI is InChI=1S/C19H16ClN3O2/c1-13(14-7-9-16(20)10-8-14)22-23-18(24)12-25-17-6-2-4-15-5-3-11-21-19(15)17/h2-11H,12H2,1H3,(H,23,24)/b22-13+. The summed E-state index contributed by atoms with van der Waals surface area (Å²) >= 11 is 5.85. The van der Waals surface area contributed by atoms with E-state index in [2.05, 4.69) is 15.5 Å². The fourth-order valence-electron chi connectivity index (χ4n) is 2.27. The van der Waals surface area contributed by atoms with Gasteiger partial charge in [-0.1, -0.05) is 41.9 Å². The molecular weight excluding hydrogens is 338 g/mol. The van der Waals surface area contributed by atoms with Crippen LogP contribution in [0.15, 0.2) is 65.9 Å². The zero-order valence-corrected chi connectivity index (χ0v) is 14.3. The second-order valence-corrected chi connectivity index (χ2v) is 5.80. The Morgan fingerprint density at radius 3 is 2.72 bits per heavy atom. The fourth-order valence-corrected chi connectivity index (χ4v) is 2.40. The number of aromatic nitrogens is 1. The van der Waals surface area contributed by atoms with Crippen molar-refractivity contribution in [2.24, 2.45) is 5.10 Å². The first kappa shape index (κ1) is 16.9. The highest BCUT2D eigenvalue weighted by molar-refractivity contribution is 6.30. The maximum atomic E-state index is 12.0. The summed E-state index contributed by atoms with van der Waals surface area (Å²) in [4.78, 5) is 16.2. The van der Waals surface area contributed by atoms with Crippen LogP contribution < -0.4 is 10.2 Å². The lowest BCUT2D eigenvalue weighted by Gasteiger charge is -2.08. The molecule has 25 heavy (non-hydrogen) atoms. The average molecular weight is 354 g/mol. The number of benzene rings is 2. The third kappa shape index (κ3) is 4.33. The monoisotopic (exact) mass is 353 g/mol. The van der Waals surface area contributed by atoms with Gasteiger partial charge in [-0.2, -0.15) is 5.10 Å². The first-order valence-electron chi connectivity index (χ1n) is 7.69. The summed E-state index contributed by atoms with van der Waals surface area (Å²) < 4.78 is 5.57. The van der Waals surface area contributed by atoms with Crippen LogP contribution in [0.2, 0.25) is 5.02 Å². The molecule has 1 heterocycles. The number of nitrogens with one attached hydrogen (secondary N) is 1. The van der Waals surface area contributed by atoms with Gasteiger partial charge in [-0.05, 0) is 36.8 Å². The minimum atomic E-state index is -0.346. The Morgan fingerprint density at radius 1 is 1.16 bits per heavy atom. The zero-order chi connectivity index (χ0) is 17.6. The summed E-state index contributed by atoms with van der Waals surface area (Å²) in [5.41, 5.74) is 4.76. The third-order valence-electron chi connectivity index (χ3n) is 3.56. The highest BCUT2D eigenvalue weighted by Crippen LogP contribution is 2.22. The van der Waals surface area contributed by atoms with Gasteiger partial charge in [-0.25, -0.2) is 5.43 Å². The highest BCUT2D eigenvalue weighted by atomic mass is 35.5. The van der Waals surface area contributed by atoms with E-state index in [1.54, 1.807) is 31.3 Å². The summed E-state index contributed by atoms with van der Waals surface area (Å²) in [6.07, 6.45) is 1.69. The first-order valence-corrected chi connectivity index (χ1v) is 8.07. The van der Waals surface area contributed by atoms with E-state index < -0.39 is 0 Å². The van der Waals surface area contributed by atoms with Gasteiger partial charge in [0.15, 0.2) is 6.61 Å². The van der Waals surface area contributed by atoms with Gasteiger partial charge < -0.3 is 4.74 Å². The van der Waals surface area contributed by atoms with Crippen molar-refractivity contribution in [1.82, 2.24) is 10.4 Å².